The Morgan fingerprint density at radius 3 is 2.58 bits per heavy atom. The molecule has 9 heteroatoms. The lowest BCUT2D eigenvalue weighted by atomic mass is 9.76. The number of benzene rings is 2. The van der Waals surface area contributed by atoms with Crippen LogP contribution in [0.3, 0.4) is 0 Å². The SMILES string of the molecule is COC(=O)c1ccccc1N1C(=O)C2C(CCSC)NC3(C(=O)Nc4ccccc43)C2C1=O. The smallest absolute Gasteiger partial charge is 0.339 e. The van der Waals surface area contributed by atoms with Gasteiger partial charge in [0.05, 0.1) is 30.2 Å². The topological polar surface area (TPSA) is 105 Å². The molecule has 4 unspecified atom stereocenters. The summed E-state index contributed by atoms with van der Waals surface area (Å²) in [5, 5.41) is 6.29. The van der Waals surface area contributed by atoms with Gasteiger partial charge in [-0.15, -0.1) is 0 Å². The summed E-state index contributed by atoms with van der Waals surface area (Å²) in [5.41, 5.74) is 0.264. The molecule has 0 saturated carbocycles. The summed E-state index contributed by atoms with van der Waals surface area (Å²) in [7, 11) is 1.25. The van der Waals surface area contributed by atoms with E-state index in [9.17, 15) is 19.2 Å². The third kappa shape index (κ3) is 2.95. The maximum absolute atomic E-state index is 13.9. The molecule has 0 aromatic heterocycles. The van der Waals surface area contributed by atoms with Crippen molar-refractivity contribution < 1.29 is 23.9 Å². The highest BCUT2D eigenvalue weighted by Gasteiger charge is 2.70. The predicted octanol–water partition coefficient (Wildman–Crippen LogP) is 2.15. The molecular formula is C24H23N3O5S. The Hall–Kier alpha value is -3.17. The van der Waals surface area contributed by atoms with Gasteiger partial charge in [0.15, 0.2) is 0 Å². The van der Waals surface area contributed by atoms with Crippen molar-refractivity contribution in [3.05, 3.63) is 59.7 Å². The molecule has 3 aliphatic rings. The number of hydrogen-bond acceptors (Lipinski definition) is 7. The number of amides is 3. The Morgan fingerprint density at radius 1 is 1.09 bits per heavy atom. The van der Waals surface area contributed by atoms with Gasteiger partial charge in [0.25, 0.3) is 0 Å². The number of methoxy groups -OCH3 is 1. The van der Waals surface area contributed by atoms with E-state index in [0.717, 1.165) is 10.7 Å². The molecule has 2 aromatic rings. The zero-order valence-electron chi connectivity index (χ0n) is 18.2. The maximum atomic E-state index is 13.9. The first-order valence-electron chi connectivity index (χ1n) is 10.7. The first-order chi connectivity index (χ1) is 16.0. The van der Waals surface area contributed by atoms with Crippen LogP contribution in [0.5, 0.6) is 0 Å². The molecule has 170 valence electrons. The molecule has 0 radical (unpaired) electrons. The van der Waals surface area contributed by atoms with Gasteiger partial charge in [-0.25, -0.2) is 9.69 Å². The number of nitrogens with zero attached hydrogens (tertiary/aromatic N) is 1. The van der Waals surface area contributed by atoms with Gasteiger partial charge in [-0.3, -0.25) is 19.7 Å². The number of carbonyl (C=O) groups is 4. The highest BCUT2D eigenvalue weighted by atomic mass is 32.2. The van der Waals surface area contributed by atoms with Crippen LogP contribution in [-0.4, -0.2) is 48.9 Å². The highest BCUT2D eigenvalue weighted by molar-refractivity contribution is 7.98. The second-order valence-corrected chi connectivity index (χ2v) is 9.35. The molecule has 2 fully saturated rings. The van der Waals surface area contributed by atoms with E-state index >= 15 is 0 Å². The predicted molar refractivity (Wildman–Crippen MR) is 124 cm³/mol. The van der Waals surface area contributed by atoms with E-state index in [4.69, 9.17) is 4.74 Å². The summed E-state index contributed by atoms with van der Waals surface area (Å²) in [6.07, 6.45) is 2.59. The van der Waals surface area contributed by atoms with Crippen molar-refractivity contribution in [3.63, 3.8) is 0 Å². The highest BCUT2D eigenvalue weighted by Crippen LogP contribution is 2.54. The molecular weight excluding hydrogens is 442 g/mol. The second kappa shape index (κ2) is 8.00. The van der Waals surface area contributed by atoms with Gasteiger partial charge in [-0.2, -0.15) is 11.8 Å². The first-order valence-corrected chi connectivity index (χ1v) is 12.1. The van der Waals surface area contributed by atoms with Crippen LogP contribution in [0.25, 0.3) is 0 Å². The summed E-state index contributed by atoms with van der Waals surface area (Å²) in [6.45, 7) is 0. The van der Waals surface area contributed by atoms with E-state index in [1.54, 1.807) is 36.0 Å². The van der Waals surface area contributed by atoms with Gasteiger partial charge in [-0.1, -0.05) is 30.3 Å². The molecule has 3 amide bonds. The normalized spacial score (nSPS) is 27.6. The largest absolute Gasteiger partial charge is 0.465 e. The number of para-hydroxylation sites is 2. The lowest BCUT2D eigenvalue weighted by molar-refractivity contribution is -0.130. The fourth-order valence-corrected chi connectivity index (χ4v) is 5.93. The van der Waals surface area contributed by atoms with Crippen molar-refractivity contribution in [2.45, 2.75) is 18.0 Å². The van der Waals surface area contributed by atoms with E-state index in [2.05, 4.69) is 10.6 Å². The van der Waals surface area contributed by atoms with Crippen LogP contribution in [0.1, 0.15) is 22.3 Å². The first kappa shape index (κ1) is 21.7. The molecule has 2 N–H and O–H groups in total. The minimum Gasteiger partial charge on any atom is -0.465 e. The van der Waals surface area contributed by atoms with E-state index in [-0.39, 0.29) is 23.2 Å². The number of hydrogen-bond donors (Lipinski definition) is 2. The van der Waals surface area contributed by atoms with Crippen LogP contribution in [0.15, 0.2) is 48.5 Å². The average Bonchev–Trinajstić information content (AvgIpc) is 3.41. The zero-order valence-corrected chi connectivity index (χ0v) is 19.0. The summed E-state index contributed by atoms with van der Waals surface area (Å²) in [6, 6.07) is 13.3. The second-order valence-electron chi connectivity index (χ2n) is 8.36. The fourth-order valence-electron chi connectivity index (χ4n) is 5.44. The zero-order chi connectivity index (χ0) is 23.3. The van der Waals surface area contributed by atoms with E-state index in [0.29, 0.717) is 17.7 Å². The van der Waals surface area contributed by atoms with Crippen LogP contribution in [0.2, 0.25) is 0 Å². The number of anilines is 2. The van der Waals surface area contributed by atoms with Gasteiger partial charge < -0.3 is 10.1 Å². The minimum absolute atomic E-state index is 0.126. The number of carbonyl (C=O) groups excluding carboxylic acids is 4. The van der Waals surface area contributed by atoms with Crippen LogP contribution in [-0.2, 0) is 24.7 Å². The average molecular weight is 466 g/mol. The van der Waals surface area contributed by atoms with Crippen molar-refractivity contribution in [1.82, 2.24) is 5.32 Å². The molecule has 5 rings (SSSR count). The van der Waals surface area contributed by atoms with Crippen molar-refractivity contribution in [2.24, 2.45) is 11.8 Å². The molecule has 8 nitrogen and oxygen atoms in total. The molecule has 2 aromatic carbocycles. The van der Waals surface area contributed by atoms with Crippen LogP contribution >= 0.6 is 11.8 Å². The lowest BCUT2D eigenvalue weighted by Gasteiger charge is -2.29. The number of fused-ring (bicyclic) bond motifs is 4. The van der Waals surface area contributed by atoms with E-state index in [1.165, 1.54) is 13.2 Å². The number of thioether (sulfide) groups is 1. The monoisotopic (exact) mass is 465 g/mol. The van der Waals surface area contributed by atoms with Gasteiger partial charge in [-0.05, 0) is 36.6 Å². The summed E-state index contributed by atoms with van der Waals surface area (Å²) >= 11 is 1.64. The van der Waals surface area contributed by atoms with Crippen molar-refractivity contribution >= 4 is 46.8 Å². The number of rotatable bonds is 5. The van der Waals surface area contributed by atoms with Crippen molar-refractivity contribution in [3.8, 4) is 0 Å². The van der Waals surface area contributed by atoms with Gasteiger partial charge in [0.2, 0.25) is 17.7 Å². The molecule has 0 bridgehead atoms. The summed E-state index contributed by atoms with van der Waals surface area (Å²) < 4.78 is 4.86. The van der Waals surface area contributed by atoms with Gasteiger partial charge in [0.1, 0.15) is 5.54 Å². The Kier molecular flexibility index (Phi) is 5.25. The van der Waals surface area contributed by atoms with Crippen molar-refractivity contribution in [2.75, 3.05) is 29.3 Å². The molecule has 1 spiro atoms. The lowest BCUT2D eigenvalue weighted by Crippen LogP contribution is -2.53. The number of ether oxygens (including phenoxy) is 1. The van der Waals surface area contributed by atoms with Gasteiger partial charge >= 0.3 is 5.97 Å². The van der Waals surface area contributed by atoms with Crippen LogP contribution in [0, 0.1) is 11.8 Å². The standard InChI is InChI=1S/C24H23N3O5S/c1-32-22(30)13-7-3-6-10-17(13)27-20(28)18-16(11-12-33-2)26-24(19(18)21(27)29)14-8-4-5-9-15(14)25-23(24)31/h3-10,16,18-19,26H,11-12H2,1-2H3,(H,25,31). The van der Waals surface area contributed by atoms with Gasteiger partial charge in [0, 0.05) is 17.3 Å². The molecule has 4 atom stereocenters. The fraction of sp³-hybridized carbons (Fsp3) is 0.333. The number of imide groups is 1. The molecule has 3 heterocycles. The summed E-state index contributed by atoms with van der Waals surface area (Å²) in [4.78, 5) is 54.5. The van der Waals surface area contributed by atoms with Crippen molar-refractivity contribution in [1.29, 1.82) is 0 Å². The Labute approximate surface area is 195 Å². The molecule has 0 aliphatic carbocycles. The maximum Gasteiger partial charge on any atom is 0.339 e. The third-order valence-electron chi connectivity index (χ3n) is 6.81. The van der Waals surface area contributed by atoms with Crippen LogP contribution in [0.4, 0.5) is 11.4 Å². The Bertz CT molecular complexity index is 1180. The summed E-state index contributed by atoms with van der Waals surface area (Å²) in [5.74, 6) is -2.77. The molecule has 2 saturated heterocycles. The minimum atomic E-state index is -1.34. The quantitative estimate of drug-likeness (QED) is 0.515. The van der Waals surface area contributed by atoms with E-state index in [1.807, 2.05) is 24.5 Å². The molecule has 3 aliphatic heterocycles. The molecule has 33 heavy (non-hydrogen) atoms. The number of esters is 1. The van der Waals surface area contributed by atoms with Crippen LogP contribution < -0.4 is 15.5 Å². The Morgan fingerprint density at radius 2 is 1.82 bits per heavy atom. The third-order valence-corrected chi connectivity index (χ3v) is 7.45. The number of nitrogens with one attached hydrogen (secondary N) is 2. The Balaban J connectivity index is 1.66. The van der Waals surface area contributed by atoms with E-state index < -0.39 is 35.2 Å².